The van der Waals surface area contributed by atoms with E-state index in [0.29, 0.717) is 30.8 Å². The second kappa shape index (κ2) is 8.90. The average Bonchev–Trinajstić information content (AvgIpc) is 3.39. The van der Waals surface area contributed by atoms with Gasteiger partial charge in [0.05, 0.1) is 36.7 Å². The molecule has 2 aliphatic rings. The number of hydrogen-bond donors (Lipinski definition) is 2. The van der Waals surface area contributed by atoms with Gasteiger partial charge in [0.15, 0.2) is 5.96 Å². The maximum atomic E-state index is 13.7. The molecule has 5 rings (SSSR count). The van der Waals surface area contributed by atoms with Gasteiger partial charge in [-0.05, 0) is 30.0 Å². The molecule has 4 heterocycles. The van der Waals surface area contributed by atoms with Crippen molar-refractivity contribution < 1.29 is 9.59 Å². The van der Waals surface area contributed by atoms with E-state index in [4.69, 9.17) is 5.41 Å². The van der Waals surface area contributed by atoms with Crippen molar-refractivity contribution in [3.63, 3.8) is 0 Å². The number of pyridine rings is 1. The minimum atomic E-state index is -0.999. The van der Waals surface area contributed by atoms with Crippen molar-refractivity contribution in [3.05, 3.63) is 89.3 Å². The van der Waals surface area contributed by atoms with Crippen LogP contribution in [-0.2, 0) is 30.0 Å². The molecule has 2 aromatic heterocycles. The zero-order valence-corrected chi connectivity index (χ0v) is 19.7. The number of aromatic nitrogens is 3. The first-order chi connectivity index (χ1) is 16.9. The predicted molar refractivity (Wildman–Crippen MR) is 129 cm³/mol. The first kappa shape index (κ1) is 22.6. The van der Waals surface area contributed by atoms with Crippen LogP contribution in [0.3, 0.4) is 0 Å². The lowest BCUT2D eigenvalue weighted by Gasteiger charge is -2.29. The van der Waals surface area contributed by atoms with Gasteiger partial charge in [-0.15, -0.1) is 0 Å². The molecule has 9 heteroatoms. The summed E-state index contributed by atoms with van der Waals surface area (Å²) in [6, 6.07) is 12.9. The summed E-state index contributed by atoms with van der Waals surface area (Å²) in [6.45, 7) is 5.04. The van der Waals surface area contributed by atoms with Crippen LogP contribution in [0.2, 0.25) is 0 Å². The quantitative estimate of drug-likeness (QED) is 0.574. The van der Waals surface area contributed by atoms with Gasteiger partial charge in [0.1, 0.15) is 5.54 Å². The van der Waals surface area contributed by atoms with Crippen molar-refractivity contribution in [2.24, 2.45) is 5.92 Å². The number of carbonyl (C=O) groups is 2. The van der Waals surface area contributed by atoms with Crippen molar-refractivity contribution >= 4 is 17.8 Å². The molecule has 2 N–H and O–H groups in total. The highest BCUT2D eigenvalue weighted by Crippen LogP contribution is 2.35. The first-order valence-corrected chi connectivity index (χ1v) is 11.6. The summed E-state index contributed by atoms with van der Waals surface area (Å²) < 4.78 is 0. The monoisotopic (exact) mass is 469 g/mol. The number of guanidine groups is 1. The molecule has 0 aliphatic carbocycles. The van der Waals surface area contributed by atoms with Crippen molar-refractivity contribution in [1.29, 1.82) is 5.41 Å². The number of hydrogen-bond acceptors (Lipinski definition) is 6. The van der Waals surface area contributed by atoms with Crippen molar-refractivity contribution in [2.75, 3.05) is 0 Å². The number of rotatable bonds is 6. The molecule has 3 aromatic rings. The maximum Gasteiger partial charge on any atom is 0.260 e. The molecule has 0 spiro atoms. The lowest BCUT2D eigenvalue weighted by molar-refractivity contribution is -0.132. The van der Waals surface area contributed by atoms with Crippen LogP contribution in [0.4, 0.5) is 0 Å². The number of fused-ring (bicyclic) bond motifs is 1. The van der Waals surface area contributed by atoms with Crippen LogP contribution >= 0.6 is 0 Å². The molecule has 1 fully saturated rings. The fraction of sp³-hybridized carbons (Fsp3) is 0.308. The second-order valence-corrected chi connectivity index (χ2v) is 9.38. The van der Waals surface area contributed by atoms with E-state index >= 15 is 0 Å². The van der Waals surface area contributed by atoms with E-state index in [1.807, 2.05) is 30.3 Å². The van der Waals surface area contributed by atoms with E-state index < -0.39 is 5.54 Å². The molecular weight excluding hydrogens is 442 g/mol. The van der Waals surface area contributed by atoms with E-state index in [1.165, 1.54) is 4.90 Å². The molecule has 35 heavy (non-hydrogen) atoms. The van der Waals surface area contributed by atoms with Crippen LogP contribution < -0.4 is 5.32 Å². The summed E-state index contributed by atoms with van der Waals surface area (Å²) in [7, 11) is 0. The number of amides is 2. The predicted octanol–water partition coefficient (Wildman–Crippen LogP) is 2.84. The molecule has 178 valence electrons. The Hall–Kier alpha value is -4.14. The molecule has 1 aromatic carbocycles. The van der Waals surface area contributed by atoms with Crippen LogP contribution in [0.25, 0.3) is 0 Å². The largest absolute Gasteiger partial charge is 0.338 e. The summed E-state index contributed by atoms with van der Waals surface area (Å²) in [4.78, 5) is 43.0. The Morgan fingerprint density at radius 2 is 1.74 bits per heavy atom. The summed E-state index contributed by atoms with van der Waals surface area (Å²) in [5.41, 5.74) is 2.46. The van der Waals surface area contributed by atoms with Gasteiger partial charge in [-0.3, -0.25) is 34.9 Å². The third kappa shape index (κ3) is 4.14. The highest BCUT2D eigenvalue weighted by atomic mass is 16.2. The minimum absolute atomic E-state index is 0.0326. The van der Waals surface area contributed by atoms with Gasteiger partial charge in [-0.25, -0.2) is 0 Å². The highest BCUT2D eigenvalue weighted by Gasteiger charge is 2.51. The Morgan fingerprint density at radius 3 is 2.40 bits per heavy atom. The third-order valence-electron chi connectivity index (χ3n) is 6.41. The van der Waals surface area contributed by atoms with Crippen LogP contribution in [0.5, 0.6) is 0 Å². The topological polar surface area (TPSA) is 115 Å². The van der Waals surface area contributed by atoms with E-state index in [2.05, 4.69) is 34.1 Å². The fourth-order valence-corrected chi connectivity index (χ4v) is 4.86. The van der Waals surface area contributed by atoms with Gasteiger partial charge >= 0.3 is 0 Å². The number of nitrogens with one attached hydrogen (secondary N) is 2. The van der Waals surface area contributed by atoms with E-state index in [0.717, 1.165) is 17.0 Å². The van der Waals surface area contributed by atoms with Crippen LogP contribution in [0, 0.1) is 11.3 Å². The number of carbonyl (C=O) groups excluding carboxylic acids is 2. The lowest BCUT2D eigenvalue weighted by atomic mass is 9.82. The molecular formula is C26H27N7O2. The van der Waals surface area contributed by atoms with Gasteiger partial charge in [-0.1, -0.05) is 44.2 Å². The zero-order valence-electron chi connectivity index (χ0n) is 19.7. The van der Waals surface area contributed by atoms with Crippen molar-refractivity contribution in [2.45, 2.75) is 45.4 Å². The maximum absolute atomic E-state index is 13.7. The molecule has 0 bridgehead atoms. The first-order valence-electron chi connectivity index (χ1n) is 11.6. The van der Waals surface area contributed by atoms with E-state index in [1.54, 1.807) is 35.6 Å². The normalized spacial score (nSPS) is 19.3. The fourth-order valence-electron chi connectivity index (χ4n) is 4.86. The Labute approximate surface area is 203 Å². The van der Waals surface area contributed by atoms with Crippen LogP contribution in [0.1, 0.15) is 53.3 Å². The van der Waals surface area contributed by atoms with Gasteiger partial charge in [-0.2, -0.15) is 0 Å². The molecule has 2 aliphatic heterocycles. The van der Waals surface area contributed by atoms with Gasteiger partial charge in [0.25, 0.3) is 11.8 Å². The molecule has 0 saturated carbocycles. The summed E-state index contributed by atoms with van der Waals surface area (Å²) >= 11 is 0. The van der Waals surface area contributed by atoms with Crippen molar-refractivity contribution in [1.82, 2.24) is 30.1 Å². The SMILES string of the molecule is CC(C)CC1(c2ccccc2)NC(=N)N(Cc2cc(C(=O)N3Cc4nccnc4C3)ccn2)C1=O. The lowest BCUT2D eigenvalue weighted by Crippen LogP contribution is -2.45. The van der Waals surface area contributed by atoms with Gasteiger partial charge in [0.2, 0.25) is 0 Å². The minimum Gasteiger partial charge on any atom is -0.338 e. The molecule has 1 atom stereocenters. The van der Waals surface area contributed by atoms with E-state index in [-0.39, 0.29) is 30.2 Å². The Morgan fingerprint density at radius 1 is 1.06 bits per heavy atom. The molecule has 1 saturated heterocycles. The Bertz CT molecular complexity index is 1270. The summed E-state index contributed by atoms with van der Waals surface area (Å²) in [5, 5.41) is 11.7. The average molecular weight is 470 g/mol. The van der Waals surface area contributed by atoms with Gasteiger partial charge in [0, 0.05) is 24.2 Å². The molecule has 9 nitrogen and oxygen atoms in total. The van der Waals surface area contributed by atoms with E-state index in [9.17, 15) is 9.59 Å². The standard InChI is InChI=1S/C26H27N7O2/c1-17(2)13-26(19-6-4-3-5-7-19)24(35)33(25(27)31-26)14-20-12-18(8-9-28-20)23(34)32-15-21-22(16-32)30-11-10-29-21/h3-12,17H,13-16H2,1-2H3,(H2,27,31). The smallest absolute Gasteiger partial charge is 0.260 e. The molecule has 2 amide bonds. The summed E-state index contributed by atoms with van der Waals surface area (Å²) in [6.07, 6.45) is 5.38. The molecule has 0 radical (unpaired) electrons. The second-order valence-electron chi connectivity index (χ2n) is 9.38. The Balaban J connectivity index is 1.37. The van der Waals surface area contributed by atoms with Crippen molar-refractivity contribution in [3.8, 4) is 0 Å². The van der Waals surface area contributed by atoms with Crippen LogP contribution in [-0.4, -0.2) is 42.5 Å². The van der Waals surface area contributed by atoms with Crippen LogP contribution in [0.15, 0.2) is 61.1 Å². The zero-order chi connectivity index (χ0) is 24.6. The summed E-state index contributed by atoms with van der Waals surface area (Å²) in [5.74, 6) is -0.0712. The number of nitrogens with zero attached hydrogens (tertiary/aromatic N) is 5. The van der Waals surface area contributed by atoms with Gasteiger partial charge < -0.3 is 10.2 Å². The third-order valence-corrected chi connectivity index (χ3v) is 6.41. The molecule has 1 unspecified atom stereocenters. The Kier molecular flexibility index (Phi) is 5.76. The number of benzene rings is 1. The highest BCUT2D eigenvalue weighted by molar-refractivity contribution is 6.08.